The molecule has 6 nitrogen and oxygen atoms in total. The average molecular weight is 336 g/mol. The molecule has 3 aromatic rings. The molecule has 0 spiro atoms. The summed E-state index contributed by atoms with van der Waals surface area (Å²) >= 11 is 0. The number of para-hydroxylation sites is 1. The summed E-state index contributed by atoms with van der Waals surface area (Å²) in [6, 6.07) is 11.7. The number of benzene rings is 2. The molecule has 0 bridgehead atoms. The second kappa shape index (κ2) is 7.53. The number of carbonyl (C=O) groups excluding carboxylic acids is 2. The lowest BCUT2D eigenvalue weighted by molar-refractivity contribution is 0.0476. The lowest BCUT2D eigenvalue weighted by Gasteiger charge is -2.07. The maximum atomic E-state index is 12.3. The van der Waals surface area contributed by atoms with E-state index in [0.717, 1.165) is 0 Å². The first-order valence-electron chi connectivity index (χ1n) is 7.82. The second-order valence-electron chi connectivity index (χ2n) is 5.19. The van der Waals surface area contributed by atoms with Crippen molar-refractivity contribution in [1.29, 1.82) is 0 Å². The molecular formula is C19H16N2O4. The largest absolute Gasteiger partial charge is 0.494 e. The summed E-state index contributed by atoms with van der Waals surface area (Å²) in [7, 11) is 0. The molecule has 0 fully saturated rings. The van der Waals surface area contributed by atoms with Gasteiger partial charge >= 0.3 is 5.97 Å². The van der Waals surface area contributed by atoms with E-state index in [1.807, 2.05) is 6.92 Å². The van der Waals surface area contributed by atoms with Crippen molar-refractivity contribution in [1.82, 2.24) is 9.97 Å². The molecule has 0 saturated heterocycles. The van der Waals surface area contributed by atoms with Crippen LogP contribution in [-0.2, 0) is 4.74 Å². The SMILES string of the molecule is CCOc1ccc(C(=O)COC(=O)c2cccc3nccnc23)cc1. The van der Waals surface area contributed by atoms with Crippen molar-refractivity contribution in [2.24, 2.45) is 0 Å². The molecule has 0 saturated carbocycles. The smallest absolute Gasteiger partial charge is 0.340 e. The summed E-state index contributed by atoms with van der Waals surface area (Å²) in [6.45, 7) is 2.10. The molecule has 0 amide bonds. The Kier molecular flexibility index (Phi) is 4.99. The van der Waals surface area contributed by atoms with E-state index >= 15 is 0 Å². The van der Waals surface area contributed by atoms with E-state index in [-0.39, 0.29) is 18.0 Å². The fourth-order valence-electron chi connectivity index (χ4n) is 2.35. The number of hydrogen-bond donors (Lipinski definition) is 0. The lowest BCUT2D eigenvalue weighted by atomic mass is 10.1. The Balaban J connectivity index is 1.68. The van der Waals surface area contributed by atoms with Crippen molar-refractivity contribution in [2.45, 2.75) is 6.92 Å². The number of fused-ring (bicyclic) bond motifs is 1. The summed E-state index contributed by atoms with van der Waals surface area (Å²) in [5.41, 5.74) is 1.78. The van der Waals surface area contributed by atoms with Gasteiger partial charge in [-0.05, 0) is 43.3 Å². The predicted molar refractivity (Wildman–Crippen MR) is 91.8 cm³/mol. The number of ketones is 1. The lowest BCUT2D eigenvalue weighted by Crippen LogP contribution is -2.14. The third-order valence-electron chi connectivity index (χ3n) is 3.54. The number of esters is 1. The maximum absolute atomic E-state index is 12.3. The molecule has 0 atom stereocenters. The van der Waals surface area contributed by atoms with Gasteiger partial charge < -0.3 is 9.47 Å². The van der Waals surface area contributed by atoms with Crippen LogP contribution in [0, 0.1) is 0 Å². The van der Waals surface area contributed by atoms with Gasteiger partial charge in [0.05, 0.1) is 17.7 Å². The van der Waals surface area contributed by atoms with Gasteiger partial charge in [-0.3, -0.25) is 14.8 Å². The fraction of sp³-hybridized carbons (Fsp3) is 0.158. The summed E-state index contributed by atoms with van der Waals surface area (Å²) in [6.07, 6.45) is 3.05. The number of aromatic nitrogens is 2. The van der Waals surface area contributed by atoms with Gasteiger partial charge in [0.15, 0.2) is 12.4 Å². The van der Waals surface area contributed by atoms with Crippen molar-refractivity contribution in [2.75, 3.05) is 13.2 Å². The van der Waals surface area contributed by atoms with E-state index in [0.29, 0.717) is 29.0 Å². The van der Waals surface area contributed by atoms with Gasteiger partial charge in [-0.25, -0.2) is 4.79 Å². The van der Waals surface area contributed by atoms with Crippen LogP contribution in [0.4, 0.5) is 0 Å². The van der Waals surface area contributed by atoms with Crippen molar-refractivity contribution in [3.05, 3.63) is 66.0 Å². The molecule has 25 heavy (non-hydrogen) atoms. The highest BCUT2D eigenvalue weighted by Crippen LogP contribution is 2.16. The molecule has 0 N–H and O–H groups in total. The first-order chi connectivity index (χ1) is 12.2. The molecule has 0 radical (unpaired) electrons. The van der Waals surface area contributed by atoms with Crippen LogP contribution >= 0.6 is 0 Å². The predicted octanol–water partition coefficient (Wildman–Crippen LogP) is 3.07. The zero-order valence-electron chi connectivity index (χ0n) is 13.6. The zero-order valence-corrected chi connectivity index (χ0v) is 13.6. The molecule has 6 heteroatoms. The van der Waals surface area contributed by atoms with Crippen molar-refractivity contribution >= 4 is 22.8 Å². The van der Waals surface area contributed by atoms with E-state index in [2.05, 4.69) is 9.97 Å². The van der Waals surface area contributed by atoms with Crippen molar-refractivity contribution in [3.8, 4) is 5.75 Å². The molecule has 0 aliphatic heterocycles. The Morgan fingerprint density at radius 1 is 1.00 bits per heavy atom. The molecule has 1 heterocycles. The quantitative estimate of drug-likeness (QED) is 0.508. The number of nitrogens with zero attached hydrogens (tertiary/aromatic N) is 2. The van der Waals surface area contributed by atoms with Crippen molar-refractivity contribution in [3.63, 3.8) is 0 Å². The van der Waals surface area contributed by atoms with Gasteiger partial charge in [-0.15, -0.1) is 0 Å². The zero-order chi connectivity index (χ0) is 17.6. The highest BCUT2D eigenvalue weighted by molar-refractivity contribution is 6.03. The van der Waals surface area contributed by atoms with E-state index in [4.69, 9.17) is 9.47 Å². The van der Waals surface area contributed by atoms with Crippen LogP contribution in [0.15, 0.2) is 54.9 Å². The number of Topliss-reactive ketones (excluding diaryl/α,β-unsaturated/α-hetero) is 1. The summed E-state index contributed by atoms with van der Waals surface area (Å²) in [5.74, 6) is -0.210. The van der Waals surface area contributed by atoms with Crippen molar-refractivity contribution < 1.29 is 19.1 Å². The van der Waals surface area contributed by atoms with Gasteiger partial charge in [-0.2, -0.15) is 0 Å². The average Bonchev–Trinajstić information content (AvgIpc) is 2.66. The number of rotatable bonds is 6. The molecule has 2 aromatic carbocycles. The molecule has 3 rings (SSSR count). The van der Waals surface area contributed by atoms with Gasteiger partial charge in [0, 0.05) is 18.0 Å². The Morgan fingerprint density at radius 3 is 2.52 bits per heavy atom. The van der Waals surface area contributed by atoms with Gasteiger partial charge in [0.2, 0.25) is 0 Å². The summed E-state index contributed by atoms with van der Waals surface area (Å²) in [5, 5.41) is 0. The van der Waals surface area contributed by atoms with Crippen LogP contribution in [0.5, 0.6) is 5.75 Å². The number of carbonyl (C=O) groups is 2. The first kappa shape index (κ1) is 16.6. The minimum Gasteiger partial charge on any atom is -0.494 e. The highest BCUT2D eigenvalue weighted by Gasteiger charge is 2.15. The molecule has 0 unspecified atom stereocenters. The Labute approximate surface area is 144 Å². The third-order valence-corrected chi connectivity index (χ3v) is 3.54. The van der Waals surface area contributed by atoms with Crippen LogP contribution in [0.25, 0.3) is 11.0 Å². The minimum absolute atomic E-state index is 0.282. The molecule has 126 valence electrons. The van der Waals surface area contributed by atoms with Crippen LogP contribution in [0.1, 0.15) is 27.6 Å². The number of ether oxygens (including phenoxy) is 2. The summed E-state index contributed by atoms with van der Waals surface area (Å²) in [4.78, 5) is 32.7. The van der Waals surface area contributed by atoms with Gasteiger partial charge in [-0.1, -0.05) is 6.07 Å². The molecule has 0 aliphatic rings. The standard InChI is InChI=1S/C19H16N2O4/c1-2-24-14-8-6-13(7-9-14)17(22)12-25-19(23)15-4-3-5-16-18(15)21-11-10-20-16/h3-11H,2,12H2,1H3. The summed E-state index contributed by atoms with van der Waals surface area (Å²) < 4.78 is 10.5. The second-order valence-corrected chi connectivity index (χ2v) is 5.19. The normalized spacial score (nSPS) is 10.4. The van der Waals surface area contributed by atoms with E-state index in [9.17, 15) is 9.59 Å². The topological polar surface area (TPSA) is 78.4 Å². The van der Waals surface area contributed by atoms with E-state index in [1.165, 1.54) is 6.20 Å². The van der Waals surface area contributed by atoms with Crippen LogP contribution < -0.4 is 4.74 Å². The Morgan fingerprint density at radius 2 is 1.76 bits per heavy atom. The third kappa shape index (κ3) is 3.80. The highest BCUT2D eigenvalue weighted by atomic mass is 16.5. The fourth-order valence-corrected chi connectivity index (χ4v) is 2.35. The van der Waals surface area contributed by atoms with Crippen LogP contribution in [0.3, 0.4) is 0 Å². The van der Waals surface area contributed by atoms with E-state index in [1.54, 1.807) is 48.7 Å². The Hall–Kier alpha value is -3.28. The Bertz CT molecular complexity index is 901. The van der Waals surface area contributed by atoms with Gasteiger partial charge in [0.1, 0.15) is 11.3 Å². The van der Waals surface area contributed by atoms with Crippen LogP contribution in [-0.4, -0.2) is 34.9 Å². The molecule has 1 aromatic heterocycles. The maximum Gasteiger partial charge on any atom is 0.340 e. The molecule has 0 aliphatic carbocycles. The monoisotopic (exact) mass is 336 g/mol. The van der Waals surface area contributed by atoms with Gasteiger partial charge in [0.25, 0.3) is 0 Å². The van der Waals surface area contributed by atoms with Crippen LogP contribution in [0.2, 0.25) is 0 Å². The molecular weight excluding hydrogens is 320 g/mol. The minimum atomic E-state index is -0.606. The first-order valence-corrected chi connectivity index (χ1v) is 7.82. The van der Waals surface area contributed by atoms with E-state index < -0.39 is 5.97 Å². The number of hydrogen-bond acceptors (Lipinski definition) is 6.